The van der Waals surface area contributed by atoms with E-state index in [-0.39, 0.29) is 11.5 Å². The maximum atomic E-state index is 13.0. The molecule has 0 unspecified atom stereocenters. The fraction of sp³-hybridized carbons (Fsp3) is 0.591. The Kier molecular flexibility index (Phi) is 5.76. The van der Waals surface area contributed by atoms with Gasteiger partial charge in [-0.2, -0.15) is 0 Å². The lowest BCUT2D eigenvalue weighted by molar-refractivity contribution is -0.119. The summed E-state index contributed by atoms with van der Waals surface area (Å²) in [5, 5.41) is 4.55. The molecule has 0 spiro atoms. The van der Waals surface area contributed by atoms with Crippen molar-refractivity contribution in [1.29, 1.82) is 0 Å². The second kappa shape index (κ2) is 8.27. The molecule has 1 heterocycles. The normalized spacial score (nSPS) is 16.9. The number of hydrogen-bond acceptors (Lipinski definition) is 4. The summed E-state index contributed by atoms with van der Waals surface area (Å²) in [6, 6.07) is 7.82. The average Bonchev–Trinajstić information content (AvgIpc) is 3.56. The number of benzene rings is 1. The Labute approximate surface area is 170 Å². The molecule has 2 fully saturated rings. The molecule has 28 heavy (non-hydrogen) atoms. The highest BCUT2D eigenvalue weighted by Gasteiger charge is 2.42. The fourth-order valence-electron chi connectivity index (χ4n) is 3.73. The van der Waals surface area contributed by atoms with Gasteiger partial charge in [-0.25, -0.2) is 4.98 Å². The molecule has 0 aliphatic heterocycles. The number of aromatic nitrogens is 2. The number of hydrogen-bond donors (Lipinski definition) is 1. The summed E-state index contributed by atoms with van der Waals surface area (Å²) in [5.74, 6) is 2.24. The molecule has 0 bridgehead atoms. The summed E-state index contributed by atoms with van der Waals surface area (Å²) in [4.78, 5) is 30.3. The molecule has 1 amide bonds. The molecule has 5 nitrogen and oxygen atoms in total. The molecule has 0 atom stereocenters. The van der Waals surface area contributed by atoms with E-state index in [1.165, 1.54) is 37.4 Å². The quantitative estimate of drug-likeness (QED) is 0.514. The molecule has 1 N–H and O–H groups in total. The average molecular weight is 400 g/mol. The van der Waals surface area contributed by atoms with Crippen LogP contribution in [0.2, 0.25) is 0 Å². The molecule has 1 aromatic carbocycles. The number of para-hydroxylation sites is 1. The molecule has 0 radical (unpaired) electrons. The molecular weight excluding hydrogens is 370 g/mol. The molecule has 2 aliphatic carbocycles. The summed E-state index contributed by atoms with van der Waals surface area (Å²) in [6.07, 6.45) is 5.89. The van der Waals surface area contributed by atoms with Gasteiger partial charge in [-0.15, -0.1) is 0 Å². The van der Waals surface area contributed by atoms with E-state index in [1.807, 2.05) is 24.3 Å². The number of nitrogens with zero attached hydrogens (tertiary/aromatic N) is 2. The Hall–Kier alpha value is -1.82. The number of nitrogens with one attached hydrogen (secondary N) is 1. The fourth-order valence-corrected chi connectivity index (χ4v) is 4.57. The Morgan fingerprint density at radius 2 is 1.89 bits per heavy atom. The van der Waals surface area contributed by atoms with Crippen molar-refractivity contribution < 1.29 is 4.79 Å². The molecule has 150 valence electrons. The largest absolute Gasteiger partial charge is 0.352 e. The van der Waals surface area contributed by atoms with E-state index in [4.69, 9.17) is 4.98 Å². The smallest absolute Gasteiger partial charge is 0.262 e. The summed E-state index contributed by atoms with van der Waals surface area (Å²) in [6.45, 7) is 4.93. The van der Waals surface area contributed by atoms with E-state index in [1.54, 1.807) is 4.57 Å². The summed E-state index contributed by atoms with van der Waals surface area (Å²) in [5.41, 5.74) is 0.688. The van der Waals surface area contributed by atoms with Gasteiger partial charge in [0.05, 0.1) is 16.7 Å². The van der Waals surface area contributed by atoms with E-state index in [9.17, 15) is 9.59 Å². The van der Waals surface area contributed by atoms with Gasteiger partial charge in [0, 0.05) is 12.6 Å². The standard InChI is InChI=1S/C22H29N3O2S/c1-14(2)11-12-25-21(27)17-5-3-4-6-18(17)23-22(25)28-13-19(26)24-20(15-7-8-15)16-9-10-16/h3-6,14-16,20H,7-13H2,1-2H3,(H,24,26). The van der Waals surface area contributed by atoms with Gasteiger partial charge in [-0.1, -0.05) is 37.7 Å². The van der Waals surface area contributed by atoms with Crippen LogP contribution in [0, 0.1) is 17.8 Å². The number of carbonyl (C=O) groups excluding carboxylic acids is 1. The minimum atomic E-state index is -0.0111. The third-order valence-electron chi connectivity index (χ3n) is 5.68. The third-order valence-corrected chi connectivity index (χ3v) is 6.65. The van der Waals surface area contributed by atoms with Gasteiger partial charge in [0.15, 0.2) is 5.16 Å². The van der Waals surface area contributed by atoms with Crippen molar-refractivity contribution in [3.8, 4) is 0 Å². The summed E-state index contributed by atoms with van der Waals surface area (Å²) in [7, 11) is 0. The van der Waals surface area contributed by atoms with Gasteiger partial charge >= 0.3 is 0 Å². The molecule has 1 aromatic heterocycles. The molecule has 6 heteroatoms. The van der Waals surface area contributed by atoms with Crippen molar-refractivity contribution in [2.24, 2.45) is 17.8 Å². The first-order valence-electron chi connectivity index (χ1n) is 10.4. The van der Waals surface area contributed by atoms with Crippen LogP contribution in [0.15, 0.2) is 34.2 Å². The van der Waals surface area contributed by atoms with Gasteiger partial charge in [-0.05, 0) is 62.0 Å². The Balaban J connectivity index is 1.50. The summed E-state index contributed by atoms with van der Waals surface area (Å²) < 4.78 is 1.75. The van der Waals surface area contributed by atoms with E-state index in [0.717, 1.165) is 6.42 Å². The van der Waals surface area contributed by atoms with Crippen LogP contribution < -0.4 is 10.9 Å². The van der Waals surface area contributed by atoms with Crippen molar-refractivity contribution in [2.75, 3.05) is 5.75 Å². The topological polar surface area (TPSA) is 64.0 Å². The first-order chi connectivity index (χ1) is 13.5. The highest BCUT2D eigenvalue weighted by molar-refractivity contribution is 7.99. The second-order valence-electron chi connectivity index (χ2n) is 8.61. The number of rotatable bonds is 9. The molecule has 2 aromatic rings. The SMILES string of the molecule is CC(C)CCn1c(SCC(=O)NC(C2CC2)C2CC2)nc2ccccc2c1=O. The number of fused-ring (bicyclic) bond motifs is 1. The third kappa shape index (κ3) is 4.59. The summed E-state index contributed by atoms with van der Waals surface area (Å²) >= 11 is 1.38. The van der Waals surface area contributed by atoms with E-state index >= 15 is 0 Å². The van der Waals surface area contributed by atoms with Crippen LogP contribution in [0.1, 0.15) is 46.0 Å². The zero-order valence-electron chi connectivity index (χ0n) is 16.7. The minimum Gasteiger partial charge on any atom is -0.352 e. The number of thioether (sulfide) groups is 1. The van der Waals surface area contributed by atoms with Gasteiger partial charge in [-0.3, -0.25) is 14.2 Å². The van der Waals surface area contributed by atoms with Gasteiger partial charge in [0.1, 0.15) is 0 Å². The monoisotopic (exact) mass is 399 g/mol. The van der Waals surface area contributed by atoms with Crippen LogP contribution >= 0.6 is 11.8 Å². The maximum absolute atomic E-state index is 13.0. The number of amides is 1. The lowest BCUT2D eigenvalue weighted by atomic mass is 10.1. The highest BCUT2D eigenvalue weighted by atomic mass is 32.2. The minimum absolute atomic E-state index is 0.0111. The van der Waals surface area contributed by atoms with Crippen molar-refractivity contribution >= 4 is 28.6 Å². The van der Waals surface area contributed by atoms with Crippen molar-refractivity contribution in [1.82, 2.24) is 14.9 Å². The van der Waals surface area contributed by atoms with Gasteiger partial charge in [0.2, 0.25) is 5.91 Å². The second-order valence-corrected chi connectivity index (χ2v) is 9.55. The molecule has 2 saturated carbocycles. The first-order valence-corrected chi connectivity index (χ1v) is 11.4. The molecule has 2 aliphatic rings. The van der Waals surface area contributed by atoms with E-state index in [0.29, 0.717) is 52.2 Å². The van der Waals surface area contributed by atoms with Crippen molar-refractivity contribution in [2.45, 2.75) is 63.7 Å². The highest BCUT2D eigenvalue weighted by Crippen LogP contribution is 2.44. The van der Waals surface area contributed by atoms with Crippen LogP contribution in [-0.4, -0.2) is 27.3 Å². The lowest BCUT2D eigenvalue weighted by Crippen LogP contribution is -2.39. The maximum Gasteiger partial charge on any atom is 0.262 e. The van der Waals surface area contributed by atoms with Crippen LogP contribution in [0.5, 0.6) is 0 Å². The predicted octanol–water partition coefficient (Wildman–Crippen LogP) is 3.84. The lowest BCUT2D eigenvalue weighted by Gasteiger charge is -2.18. The molecule has 0 saturated heterocycles. The van der Waals surface area contributed by atoms with Crippen molar-refractivity contribution in [3.05, 3.63) is 34.6 Å². The Morgan fingerprint density at radius 3 is 2.54 bits per heavy atom. The van der Waals surface area contributed by atoms with Crippen LogP contribution in [0.25, 0.3) is 10.9 Å². The zero-order chi connectivity index (χ0) is 19.7. The van der Waals surface area contributed by atoms with E-state index < -0.39 is 0 Å². The van der Waals surface area contributed by atoms with Gasteiger partial charge < -0.3 is 5.32 Å². The van der Waals surface area contributed by atoms with Crippen molar-refractivity contribution in [3.63, 3.8) is 0 Å². The zero-order valence-corrected chi connectivity index (χ0v) is 17.5. The Bertz CT molecular complexity index is 904. The van der Waals surface area contributed by atoms with Crippen LogP contribution in [-0.2, 0) is 11.3 Å². The van der Waals surface area contributed by atoms with Crippen LogP contribution in [0.3, 0.4) is 0 Å². The molecular formula is C22H29N3O2S. The van der Waals surface area contributed by atoms with E-state index in [2.05, 4.69) is 19.2 Å². The first kappa shape index (κ1) is 19.5. The van der Waals surface area contributed by atoms with Gasteiger partial charge in [0.25, 0.3) is 5.56 Å². The Morgan fingerprint density at radius 1 is 1.21 bits per heavy atom. The van der Waals surface area contributed by atoms with Crippen LogP contribution in [0.4, 0.5) is 0 Å². The predicted molar refractivity (Wildman–Crippen MR) is 114 cm³/mol. The number of carbonyl (C=O) groups is 1. The molecule has 4 rings (SSSR count).